The van der Waals surface area contributed by atoms with Gasteiger partial charge in [-0.15, -0.1) is 23.2 Å². The molecule has 0 aromatic heterocycles. The van der Waals surface area contributed by atoms with Gasteiger partial charge in [0, 0.05) is 23.2 Å². The molecule has 0 radical (unpaired) electrons. The predicted molar refractivity (Wildman–Crippen MR) is 145 cm³/mol. The van der Waals surface area contributed by atoms with Crippen LogP contribution < -0.4 is 0 Å². The molecule has 5 rings (SSSR count). The second-order valence-corrected chi connectivity index (χ2v) is 13.5. The topological polar surface area (TPSA) is 60.4 Å². The quantitative estimate of drug-likeness (QED) is 0.280. The molecule has 3 saturated carbocycles. The molecule has 7 heteroatoms. The van der Waals surface area contributed by atoms with Gasteiger partial charge in [-0.3, -0.25) is 9.59 Å². The minimum Gasteiger partial charge on any atom is -0.447 e. The summed E-state index contributed by atoms with van der Waals surface area (Å²) in [6, 6.07) is 8.85. The van der Waals surface area contributed by atoms with Gasteiger partial charge in [-0.2, -0.15) is 0 Å². The minimum atomic E-state index is -1.31. The molecule has 1 aromatic rings. The smallest absolute Gasteiger partial charge is 0.339 e. The normalized spacial score (nSPS) is 43.6. The lowest BCUT2D eigenvalue weighted by Gasteiger charge is -2.65. The number of carbonyl (C=O) groups is 3. The number of halogens is 3. The van der Waals surface area contributed by atoms with Crippen LogP contribution in [-0.2, 0) is 14.3 Å². The molecule has 8 atom stereocenters. The summed E-state index contributed by atoms with van der Waals surface area (Å²) in [4.78, 5) is 38.7. The Labute approximate surface area is 231 Å². The van der Waals surface area contributed by atoms with Crippen LogP contribution >= 0.6 is 39.1 Å². The molecule has 0 amide bonds. The molecule has 3 fully saturated rings. The van der Waals surface area contributed by atoms with Crippen LogP contribution in [0.1, 0.15) is 69.7 Å². The van der Waals surface area contributed by atoms with E-state index in [0.717, 1.165) is 24.8 Å². The highest BCUT2D eigenvalue weighted by Gasteiger charge is 2.76. The van der Waals surface area contributed by atoms with Gasteiger partial charge in [-0.1, -0.05) is 60.5 Å². The number of hydrogen-bond acceptors (Lipinski definition) is 4. The molecular weight excluding hydrogens is 563 g/mol. The van der Waals surface area contributed by atoms with Crippen molar-refractivity contribution in [1.29, 1.82) is 0 Å². The number of alkyl halides is 3. The van der Waals surface area contributed by atoms with Gasteiger partial charge in [-0.05, 0) is 62.1 Å². The molecule has 0 N–H and O–H groups in total. The number of esters is 1. The summed E-state index contributed by atoms with van der Waals surface area (Å²) in [5, 5.41) is -0.353. The number of fused-ring (bicyclic) bond motifs is 5. The van der Waals surface area contributed by atoms with E-state index in [-0.39, 0.29) is 40.1 Å². The average Bonchev–Trinajstić information content (AvgIpc) is 3.07. The number of allylic oxidation sites excluding steroid dienone is 1. The average molecular weight is 596 g/mol. The molecule has 0 spiro atoms. The zero-order chi connectivity index (χ0) is 26.1. The maximum Gasteiger partial charge on any atom is 0.339 e. The molecule has 194 valence electrons. The second kappa shape index (κ2) is 8.95. The summed E-state index contributed by atoms with van der Waals surface area (Å²) in [6.07, 6.45) is 5.76. The van der Waals surface area contributed by atoms with Crippen molar-refractivity contribution >= 4 is 56.7 Å². The molecule has 0 saturated heterocycles. The summed E-state index contributed by atoms with van der Waals surface area (Å²) in [6.45, 7) is 6.29. The number of carbonyl (C=O) groups excluding carboxylic acids is 3. The maximum atomic E-state index is 13.8. The number of hydrogen-bond donors (Lipinski definition) is 0. The second-order valence-electron chi connectivity index (χ2n) is 11.8. The first-order valence-corrected chi connectivity index (χ1v) is 14.8. The molecule has 0 bridgehead atoms. The van der Waals surface area contributed by atoms with Crippen molar-refractivity contribution in [3.8, 4) is 0 Å². The highest BCUT2D eigenvalue weighted by atomic mass is 79.9. The largest absolute Gasteiger partial charge is 0.447 e. The van der Waals surface area contributed by atoms with E-state index < -0.39 is 27.2 Å². The Morgan fingerprint density at radius 3 is 2.50 bits per heavy atom. The highest BCUT2D eigenvalue weighted by Crippen LogP contribution is 2.73. The summed E-state index contributed by atoms with van der Waals surface area (Å²) in [5.41, 5.74) is -0.815. The summed E-state index contributed by atoms with van der Waals surface area (Å²) < 4.78 is 6.35. The third-order valence-corrected chi connectivity index (χ3v) is 12.4. The van der Waals surface area contributed by atoms with Gasteiger partial charge in [0.25, 0.3) is 0 Å². The van der Waals surface area contributed by atoms with Crippen molar-refractivity contribution in [2.75, 3.05) is 5.33 Å². The van der Waals surface area contributed by atoms with Gasteiger partial charge < -0.3 is 4.74 Å². The van der Waals surface area contributed by atoms with E-state index in [1.165, 1.54) is 0 Å². The number of Topliss-reactive ketones (excluding diaryl/α,β-unsaturated/α-hetero) is 1. The number of rotatable bonds is 4. The first kappa shape index (κ1) is 26.4. The van der Waals surface area contributed by atoms with Gasteiger partial charge in [0.05, 0.1) is 21.1 Å². The Hall–Kier alpha value is -1.17. The van der Waals surface area contributed by atoms with E-state index >= 15 is 0 Å². The van der Waals surface area contributed by atoms with Gasteiger partial charge >= 0.3 is 5.97 Å². The first-order valence-electron chi connectivity index (χ1n) is 12.9. The predicted octanol–water partition coefficient (Wildman–Crippen LogP) is 6.90. The third kappa shape index (κ3) is 3.34. The highest BCUT2D eigenvalue weighted by molar-refractivity contribution is 9.09. The molecule has 0 aliphatic heterocycles. The lowest BCUT2D eigenvalue weighted by molar-refractivity contribution is -0.164. The molecule has 4 aliphatic rings. The van der Waals surface area contributed by atoms with E-state index in [1.807, 2.05) is 13.0 Å². The fraction of sp³-hybridized carbons (Fsp3) is 0.621. The standard InChI is InChI=1S/C29H33BrCl2O4/c1-17-13-22-21-10-9-19-14-20(33)11-12-26(19,2)28(21,32)23(31)15-27(22,3)29(17,24(34)16-30)36-25(35)18-7-5-4-6-8-18/h4-8,14,17,21-23H,9-13,15-16H2,1-3H3/t17-,21+,22+,23+,26+,27+,28+,29-/m1/s1. The number of ketones is 2. The zero-order valence-electron chi connectivity index (χ0n) is 21.0. The van der Waals surface area contributed by atoms with Gasteiger partial charge in [-0.25, -0.2) is 4.79 Å². The van der Waals surface area contributed by atoms with Crippen LogP contribution in [0.5, 0.6) is 0 Å². The van der Waals surface area contributed by atoms with E-state index in [1.54, 1.807) is 30.3 Å². The van der Waals surface area contributed by atoms with Gasteiger partial charge in [0.15, 0.2) is 17.2 Å². The first-order chi connectivity index (χ1) is 17.0. The SMILES string of the molecule is C[C@@H]1C[C@H]2[C@@H]3CCC4=CC(=O)CC[C@]4(C)[C@@]3(Cl)[C@@H](Cl)C[C@]2(C)[C@]1(OC(=O)c1ccccc1)C(=O)CBr. The molecule has 36 heavy (non-hydrogen) atoms. The molecule has 4 aliphatic carbocycles. The molecule has 0 heterocycles. The fourth-order valence-corrected chi connectivity index (χ4v) is 10.3. The fourth-order valence-electron chi connectivity index (χ4n) is 8.57. The van der Waals surface area contributed by atoms with Crippen LogP contribution in [-0.4, -0.2) is 38.7 Å². The van der Waals surface area contributed by atoms with Gasteiger partial charge in [0.2, 0.25) is 0 Å². The number of ether oxygens (including phenoxy) is 1. The monoisotopic (exact) mass is 594 g/mol. The van der Waals surface area contributed by atoms with Crippen LogP contribution in [0.4, 0.5) is 0 Å². The maximum absolute atomic E-state index is 13.8. The Morgan fingerprint density at radius 1 is 1.14 bits per heavy atom. The summed E-state index contributed by atoms with van der Waals surface area (Å²) in [5.74, 6) is -0.538. The van der Waals surface area contributed by atoms with Crippen molar-refractivity contribution in [2.45, 2.75) is 75.1 Å². The molecule has 0 unspecified atom stereocenters. The lowest BCUT2D eigenvalue weighted by Crippen LogP contribution is -2.68. The van der Waals surface area contributed by atoms with Crippen molar-refractivity contribution in [2.24, 2.45) is 28.6 Å². The lowest BCUT2D eigenvalue weighted by atomic mass is 9.45. The molecule has 4 nitrogen and oxygen atoms in total. The Balaban J connectivity index is 1.60. The van der Waals surface area contributed by atoms with Crippen LogP contribution in [0.15, 0.2) is 42.0 Å². The van der Waals surface area contributed by atoms with Crippen molar-refractivity contribution in [1.82, 2.24) is 0 Å². The minimum absolute atomic E-state index is 0.0404. The Bertz CT molecular complexity index is 1140. The van der Waals surface area contributed by atoms with E-state index in [0.29, 0.717) is 24.8 Å². The van der Waals surface area contributed by atoms with Crippen LogP contribution in [0.3, 0.4) is 0 Å². The Morgan fingerprint density at radius 2 is 1.83 bits per heavy atom. The van der Waals surface area contributed by atoms with Crippen LogP contribution in [0, 0.1) is 28.6 Å². The van der Waals surface area contributed by atoms with Gasteiger partial charge in [0.1, 0.15) is 0 Å². The van der Waals surface area contributed by atoms with E-state index in [4.69, 9.17) is 27.9 Å². The van der Waals surface area contributed by atoms with Crippen molar-refractivity contribution in [3.63, 3.8) is 0 Å². The zero-order valence-corrected chi connectivity index (χ0v) is 24.1. The molecule has 1 aromatic carbocycles. The van der Waals surface area contributed by atoms with E-state index in [9.17, 15) is 14.4 Å². The molecular formula is C29H33BrCl2O4. The Kier molecular flexibility index (Phi) is 6.57. The summed E-state index contributed by atoms with van der Waals surface area (Å²) in [7, 11) is 0. The van der Waals surface area contributed by atoms with E-state index in [2.05, 4.69) is 29.8 Å². The summed E-state index contributed by atoms with van der Waals surface area (Å²) >= 11 is 18.4. The number of benzene rings is 1. The van der Waals surface area contributed by atoms with Crippen LogP contribution in [0.25, 0.3) is 0 Å². The third-order valence-electron chi connectivity index (χ3n) is 10.3. The van der Waals surface area contributed by atoms with Crippen LogP contribution in [0.2, 0.25) is 0 Å². The van der Waals surface area contributed by atoms with Crippen molar-refractivity contribution < 1.29 is 19.1 Å². The van der Waals surface area contributed by atoms with Crippen molar-refractivity contribution in [3.05, 3.63) is 47.5 Å².